The number of carbonyl (C=O) groups excluding carboxylic acids is 1. The first-order valence-electron chi connectivity index (χ1n) is 6.24. The fraction of sp³-hybridized carbons (Fsp3) is 0.667. The Bertz CT molecular complexity index is 457. The molecule has 100 valence electrons. The molecule has 1 fully saturated rings. The Labute approximate surface area is 106 Å². The van der Waals surface area contributed by atoms with Gasteiger partial charge >= 0.3 is 0 Å². The molecule has 6 nitrogen and oxygen atoms in total. The molecule has 1 amide bonds. The molecule has 4 N–H and O–H groups in total. The number of nitrogen functional groups attached to an aromatic ring is 1. The Hall–Kier alpha value is -1.56. The summed E-state index contributed by atoms with van der Waals surface area (Å²) in [6.07, 6.45) is 1.51. The summed E-state index contributed by atoms with van der Waals surface area (Å²) >= 11 is 0. The van der Waals surface area contributed by atoms with E-state index in [-0.39, 0.29) is 23.2 Å². The van der Waals surface area contributed by atoms with Gasteiger partial charge < -0.3 is 15.8 Å². The van der Waals surface area contributed by atoms with Crippen molar-refractivity contribution in [3.05, 3.63) is 11.4 Å². The predicted molar refractivity (Wildman–Crippen MR) is 68.3 cm³/mol. The summed E-state index contributed by atoms with van der Waals surface area (Å²) in [4.78, 5) is 12.2. The maximum Gasteiger partial charge on any atom is 0.274 e. The van der Waals surface area contributed by atoms with E-state index in [2.05, 4.69) is 15.5 Å². The summed E-state index contributed by atoms with van der Waals surface area (Å²) in [7, 11) is 0. The minimum Gasteiger partial charge on any atom is -0.395 e. The zero-order valence-corrected chi connectivity index (χ0v) is 11.0. The number of aromatic nitrogens is 2. The van der Waals surface area contributed by atoms with Crippen LogP contribution in [0, 0.1) is 0 Å². The van der Waals surface area contributed by atoms with Gasteiger partial charge in [0.25, 0.3) is 5.91 Å². The molecule has 0 aliphatic carbocycles. The Morgan fingerprint density at radius 1 is 1.72 bits per heavy atom. The lowest BCUT2D eigenvalue weighted by Crippen LogP contribution is -2.50. The first kappa shape index (κ1) is 12.9. The fourth-order valence-corrected chi connectivity index (χ4v) is 2.15. The standard InChI is InChI=1S/C12H20N4O2/c1-4-8-9(13)10(16-15-8)11(17)14-12(3)5-6-18-7(12)2/h7H,4-6,13H2,1-3H3,(H,14,17)(H,15,16). The van der Waals surface area contributed by atoms with Crippen LogP contribution in [0.5, 0.6) is 0 Å². The highest BCUT2D eigenvalue weighted by atomic mass is 16.5. The lowest BCUT2D eigenvalue weighted by molar-refractivity contribution is 0.0724. The van der Waals surface area contributed by atoms with Crippen LogP contribution in [-0.2, 0) is 11.2 Å². The molecule has 1 aliphatic heterocycles. The van der Waals surface area contributed by atoms with Crippen LogP contribution in [0.1, 0.15) is 43.4 Å². The normalized spacial score (nSPS) is 27.4. The van der Waals surface area contributed by atoms with Crippen LogP contribution in [0.4, 0.5) is 5.69 Å². The highest BCUT2D eigenvalue weighted by Crippen LogP contribution is 2.26. The monoisotopic (exact) mass is 252 g/mol. The molecular weight excluding hydrogens is 232 g/mol. The number of aromatic amines is 1. The van der Waals surface area contributed by atoms with Gasteiger partial charge in [-0.2, -0.15) is 5.10 Å². The minimum absolute atomic E-state index is 0.00716. The zero-order valence-electron chi connectivity index (χ0n) is 11.0. The molecule has 1 aliphatic rings. The number of nitrogens with two attached hydrogens (primary N) is 1. The fourth-order valence-electron chi connectivity index (χ4n) is 2.15. The van der Waals surface area contributed by atoms with Gasteiger partial charge in [-0.05, 0) is 26.7 Å². The second kappa shape index (κ2) is 4.61. The van der Waals surface area contributed by atoms with Gasteiger partial charge in [0, 0.05) is 6.61 Å². The van der Waals surface area contributed by atoms with E-state index in [1.165, 1.54) is 0 Å². The molecule has 2 atom stereocenters. The van der Waals surface area contributed by atoms with Gasteiger partial charge in [-0.25, -0.2) is 0 Å². The van der Waals surface area contributed by atoms with Crippen LogP contribution in [0.3, 0.4) is 0 Å². The average Bonchev–Trinajstić information content (AvgIpc) is 2.83. The quantitative estimate of drug-likeness (QED) is 0.743. The topological polar surface area (TPSA) is 93.0 Å². The van der Waals surface area contributed by atoms with Crippen LogP contribution in [-0.4, -0.2) is 34.4 Å². The molecule has 1 saturated heterocycles. The van der Waals surface area contributed by atoms with Crippen molar-refractivity contribution in [2.24, 2.45) is 0 Å². The average molecular weight is 252 g/mol. The molecule has 1 aromatic rings. The molecule has 0 aromatic carbocycles. The Morgan fingerprint density at radius 3 is 2.94 bits per heavy atom. The summed E-state index contributed by atoms with van der Waals surface area (Å²) in [5.41, 5.74) is 7.03. The van der Waals surface area contributed by atoms with E-state index in [1.54, 1.807) is 0 Å². The van der Waals surface area contributed by atoms with Crippen LogP contribution in [0.15, 0.2) is 0 Å². The molecule has 1 aromatic heterocycles. The van der Waals surface area contributed by atoms with Gasteiger partial charge in [0.05, 0.1) is 23.0 Å². The predicted octanol–water partition coefficient (Wildman–Crippen LogP) is 0.852. The van der Waals surface area contributed by atoms with Crippen molar-refractivity contribution in [2.75, 3.05) is 12.3 Å². The number of nitrogens with zero attached hydrogens (tertiary/aromatic N) is 1. The summed E-state index contributed by atoms with van der Waals surface area (Å²) in [5.74, 6) is -0.247. The van der Waals surface area contributed by atoms with Crippen molar-refractivity contribution in [1.82, 2.24) is 15.5 Å². The number of hydrogen-bond donors (Lipinski definition) is 3. The van der Waals surface area contributed by atoms with Crippen molar-refractivity contribution in [3.8, 4) is 0 Å². The number of rotatable bonds is 3. The van der Waals surface area contributed by atoms with E-state index in [0.717, 1.165) is 18.5 Å². The lowest BCUT2D eigenvalue weighted by atomic mass is 9.94. The number of carbonyl (C=O) groups is 1. The number of H-pyrrole nitrogens is 1. The minimum atomic E-state index is -0.352. The molecule has 2 rings (SSSR count). The number of ether oxygens (including phenoxy) is 1. The molecule has 2 unspecified atom stereocenters. The number of amides is 1. The molecule has 18 heavy (non-hydrogen) atoms. The summed E-state index contributed by atoms with van der Waals surface area (Å²) in [5, 5.41) is 9.74. The molecule has 0 spiro atoms. The molecule has 0 radical (unpaired) electrons. The van der Waals surface area contributed by atoms with Gasteiger partial charge in [0.2, 0.25) is 0 Å². The highest BCUT2D eigenvalue weighted by Gasteiger charge is 2.39. The number of nitrogens with one attached hydrogen (secondary N) is 2. The van der Waals surface area contributed by atoms with E-state index < -0.39 is 0 Å². The number of hydrogen-bond acceptors (Lipinski definition) is 4. The Morgan fingerprint density at radius 2 is 2.44 bits per heavy atom. The van der Waals surface area contributed by atoms with E-state index >= 15 is 0 Å². The number of anilines is 1. The van der Waals surface area contributed by atoms with E-state index in [0.29, 0.717) is 12.3 Å². The third-order valence-corrected chi connectivity index (χ3v) is 3.74. The van der Waals surface area contributed by atoms with Crippen molar-refractivity contribution >= 4 is 11.6 Å². The third kappa shape index (κ3) is 2.08. The van der Waals surface area contributed by atoms with Crippen molar-refractivity contribution in [3.63, 3.8) is 0 Å². The lowest BCUT2D eigenvalue weighted by Gasteiger charge is -2.28. The highest BCUT2D eigenvalue weighted by molar-refractivity contribution is 5.98. The van der Waals surface area contributed by atoms with Crippen molar-refractivity contribution < 1.29 is 9.53 Å². The van der Waals surface area contributed by atoms with E-state index in [4.69, 9.17) is 10.5 Å². The number of aryl methyl sites for hydroxylation is 1. The van der Waals surface area contributed by atoms with Crippen LogP contribution in [0.25, 0.3) is 0 Å². The largest absolute Gasteiger partial charge is 0.395 e. The van der Waals surface area contributed by atoms with Gasteiger partial charge in [-0.15, -0.1) is 0 Å². The molecule has 6 heteroatoms. The summed E-state index contributed by atoms with van der Waals surface area (Å²) in [6.45, 7) is 6.55. The van der Waals surface area contributed by atoms with Crippen molar-refractivity contribution in [2.45, 2.75) is 45.3 Å². The first-order chi connectivity index (χ1) is 8.48. The van der Waals surface area contributed by atoms with E-state index in [1.807, 2.05) is 20.8 Å². The maximum absolute atomic E-state index is 12.2. The van der Waals surface area contributed by atoms with Gasteiger partial charge in [-0.3, -0.25) is 9.89 Å². The second-order valence-electron chi connectivity index (χ2n) is 4.95. The smallest absolute Gasteiger partial charge is 0.274 e. The van der Waals surface area contributed by atoms with Gasteiger partial charge in [0.15, 0.2) is 5.69 Å². The second-order valence-corrected chi connectivity index (χ2v) is 4.95. The Balaban J connectivity index is 2.14. The molecule has 0 bridgehead atoms. The molecular formula is C12H20N4O2. The van der Waals surface area contributed by atoms with Crippen LogP contribution in [0.2, 0.25) is 0 Å². The van der Waals surface area contributed by atoms with Crippen molar-refractivity contribution in [1.29, 1.82) is 0 Å². The van der Waals surface area contributed by atoms with E-state index in [9.17, 15) is 4.79 Å². The third-order valence-electron chi connectivity index (χ3n) is 3.74. The molecule has 0 saturated carbocycles. The van der Waals surface area contributed by atoms with Crippen LogP contribution >= 0.6 is 0 Å². The first-order valence-corrected chi connectivity index (χ1v) is 6.24. The van der Waals surface area contributed by atoms with Gasteiger partial charge in [0.1, 0.15) is 0 Å². The Kier molecular flexibility index (Phi) is 3.30. The zero-order chi connectivity index (χ0) is 13.3. The van der Waals surface area contributed by atoms with Gasteiger partial charge in [-0.1, -0.05) is 6.92 Å². The summed E-state index contributed by atoms with van der Waals surface area (Å²) < 4.78 is 5.49. The SMILES string of the molecule is CCc1[nH]nc(C(=O)NC2(C)CCOC2C)c1N. The van der Waals surface area contributed by atoms with Crippen LogP contribution < -0.4 is 11.1 Å². The molecule has 2 heterocycles. The summed E-state index contributed by atoms with van der Waals surface area (Å²) in [6, 6.07) is 0. The maximum atomic E-state index is 12.2.